The fourth-order valence-electron chi connectivity index (χ4n) is 3.19. The van der Waals surface area contributed by atoms with Crippen molar-refractivity contribution in [1.29, 1.82) is 0 Å². The van der Waals surface area contributed by atoms with Gasteiger partial charge in [-0.15, -0.1) is 0 Å². The third-order valence-electron chi connectivity index (χ3n) is 4.49. The summed E-state index contributed by atoms with van der Waals surface area (Å²) < 4.78 is 10.6. The zero-order valence-electron chi connectivity index (χ0n) is 16.1. The number of carbonyl (C=O) groups is 1. The second kappa shape index (κ2) is 8.09. The first-order chi connectivity index (χ1) is 14.0. The Balaban J connectivity index is 1.58. The van der Waals surface area contributed by atoms with Crippen molar-refractivity contribution in [2.75, 3.05) is 6.79 Å². The minimum atomic E-state index is -0.304. The Morgan fingerprint density at radius 2 is 2.00 bits per heavy atom. The van der Waals surface area contributed by atoms with Gasteiger partial charge in [-0.2, -0.15) is 5.10 Å². The molecule has 0 saturated heterocycles. The van der Waals surface area contributed by atoms with Crippen molar-refractivity contribution in [1.82, 2.24) is 10.4 Å². The van der Waals surface area contributed by atoms with Crippen LogP contribution in [-0.2, 0) is 6.42 Å². The highest BCUT2D eigenvalue weighted by molar-refractivity contribution is 6.33. The lowest BCUT2D eigenvalue weighted by atomic mass is 10.0. The normalized spacial score (nSPS) is 12.8. The summed E-state index contributed by atoms with van der Waals surface area (Å²) in [5.41, 5.74) is 5.42. The highest BCUT2D eigenvalue weighted by Crippen LogP contribution is 2.36. The largest absolute Gasteiger partial charge is 0.454 e. The lowest BCUT2D eigenvalue weighted by Crippen LogP contribution is -2.19. The molecule has 1 aliphatic rings. The molecular weight excluding hydrogens is 390 g/mol. The molecule has 2 aromatic carbocycles. The zero-order valence-corrected chi connectivity index (χ0v) is 16.9. The minimum absolute atomic E-state index is 0.164. The molecule has 1 amide bonds. The summed E-state index contributed by atoms with van der Waals surface area (Å²) in [6.07, 6.45) is 2.28. The lowest BCUT2D eigenvalue weighted by Gasteiger charge is -2.10. The second-order valence-electron chi connectivity index (χ2n) is 7.20. The smallest absolute Gasteiger partial charge is 0.272 e. The molecule has 0 unspecified atom stereocenters. The number of nitrogens with zero attached hydrogens (tertiary/aromatic N) is 2. The number of fused-ring (bicyclic) bond motifs is 2. The Morgan fingerprint density at radius 1 is 1.24 bits per heavy atom. The fraction of sp³-hybridized carbons (Fsp3) is 0.227. The van der Waals surface area contributed by atoms with Gasteiger partial charge in [0.05, 0.1) is 22.3 Å². The molecule has 0 bridgehead atoms. The van der Waals surface area contributed by atoms with Crippen LogP contribution in [-0.4, -0.2) is 23.9 Å². The number of aromatic nitrogens is 1. The Hall–Kier alpha value is -3.12. The molecule has 29 heavy (non-hydrogen) atoms. The molecule has 6 nitrogen and oxygen atoms in total. The van der Waals surface area contributed by atoms with E-state index in [1.54, 1.807) is 12.1 Å². The molecule has 148 valence electrons. The van der Waals surface area contributed by atoms with Gasteiger partial charge in [-0.1, -0.05) is 43.6 Å². The molecule has 0 fully saturated rings. The zero-order chi connectivity index (χ0) is 20.4. The van der Waals surface area contributed by atoms with Gasteiger partial charge in [0.2, 0.25) is 6.79 Å². The van der Waals surface area contributed by atoms with E-state index in [0.29, 0.717) is 33.6 Å². The van der Waals surface area contributed by atoms with Crippen LogP contribution in [0.5, 0.6) is 11.5 Å². The molecular formula is C22H20ClN3O3. The molecule has 2 heterocycles. The predicted molar refractivity (Wildman–Crippen MR) is 113 cm³/mol. The fourth-order valence-corrected chi connectivity index (χ4v) is 3.40. The van der Waals surface area contributed by atoms with Crippen LogP contribution in [0.1, 0.15) is 35.5 Å². The first-order valence-electron chi connectivity index (χ1n) is 9.32. The van der Waals surface area contributed by atoms with E-state index < -0.39 is 0 Å². The monoisotopic (exact) mass is 409 g/mol. The maximum atomic E-state index is 12.8. The SMILES string of the molecule is CC(C)Cc1cc(C(=O)N/N=C/c2cc3c(cc2Cl)OCO3)c2ccccc2n1. The highest BCUT2D eigenvalue weighted by atomic mass is 35.5. The number of benzene rings is 2. The van der Waals surface area contributed by atoms with Crippen molar-refractivity contribution < 1.29 is 14.3 Å². The van der Waals surface area contributed by atoms with E-state index in [1.807, 2.05) is 30.3 Å². The van der Waals surface area contributed by atoms with Crippen molar-refractivity contribution in [3.63, 3.8) is 0 Å². The number of carbonyl (C=O) groups excluding carboxylic acids is 1. The first-order valence-corrected chi connectivity index (χ1v) is 9.70. The summed E-state index contributed by atoms with van der Waals surface area (Å²) in [5.74, 6) is 1.32. The molecule has 1 aliphatic heterocycles. The number of amides is 1. The van der Waals surface area contributed by atoms with Gasteiger partial charge in [0, 0.05) is 22.7 Å². The Labute approximate surface area is 173 Å². The summed E-state index contributed by atoms with van der Waals surface area (Å²) >= 11 is 6.24. The predicted octanol–water partition coefficient (Wildman–Crippen LogP) is 4.58. The van der Waals surface area contributed by atoms with E-state index in [4.69, 9.17) is 21.1 Å². The van der Waals surface area contributed by atoms with E-state index in [9.17, 15) is 4.79 Å². The standard InChI is InChI=1S/C22H20ClN3O3/c1-13(2)7-15-9-17(16-5-3-4-6-19(16)25-15)22(27)26-24-11-14-8-20-21(10-18(14)23)29-12-28-20/h3-6,8-11,13H,7,12H2,1-2H3,(H,26,27)/b24-11+. The van der Waals surface area contributed by atoms with Gasteiger partial charge in [0.1, 0.15) is 0 Å². The molecule has 0 radical (unpaired) electrons. The minimum Gasteiger partial charge on any atom is -0.454 e. The topological polar surface area (TPSA) is 72.8 Å². The third-order valence-corrected chi connectivity index (χ3v) is 4.82. The number of halogens is 1. The van der Waals surface area contributed by atoms with E-state index in [0.717, 1.165) is 23.0 Å². The summed E-state index contributed by atoms with van der Waals surface area (Å²) in [5, 5.41) is 5.32. The van der Waals surface area contributed by atoms with Gasteiger partial charge in [-0.25, -0.2) is 5.43 Å². The molecule has 0 saturated carbocycles. The molecule has 3 aromatic rings. The van der Waals surface area contributed by atoms with Gasteiger partial charge < -0.3 is 9.47 Å². The van der Waals surface area contributed by atoms with Crippen LogP contribution < -0.4 is 14.9 Å². The molecule has 1 N–H and O–H groups in total. The lowest BCUT2D eigenvalue weighted by molar-refractivity contribution is 0.0956. The number of nitrogens with one attached hydrogen (secondary N) is 1. The molecule has 0 spiro atoms. The summed E-state index contributed by atoms with van der Waals surface area (Å²) in [7, 11) is 0. The van der Waals surface area contributed by atoms with Crippen molar-refractivity contribution in [3.05, 3.63) is 64.3 Å². The molecule has 1 aromatic heterocycles. The number of hydrogen-bond acceptors (Lipinski definition) is 5. The van der Waals surface area contributed by atoms with Crippen molar-refractivity contribution in [3.8, 4) is 11.5 Å². The summed E-state index contributed by atoms with van der Waals surface area (Å²) in [6.45, 7) is 4.41. The summed E-state index contributed by atoms with van der Waals surface area (Å²) in [4.78, 5) is 17.5. The maximum Gasteiger partial charge on any atom is 0.272 e. The van der Waals surface area contributed by atoms with Crippen LogP contribution in [0.25, 0.3) is 10.9 Å². The van der Waals surface area contributed by atoms with Gasteiger partial charge in [0.15, 0.2) is 11.5 Å². The van der Waals surface area contributed by atoms with E-state index in [2.05, 4.69) is 29.4 Å². The van der Waals surface area contributed by atoms with Crippen LogP contribution >= 0.6 is 11.6 Å². The number of hydrazone groups is 1. The van der Waals surface area contributed by atoms with Crippen molar-refractivity contribution in [2.24, 2.45) is 11.0 Å². The third kappa shape index (κ3) is 4.17. The average molecular weight is 410 g/mol. The van der Waals surface area contributed by atoms with Crippen LogP contribution in [0.2, 0.25) is 5.02 Å². The number of hydrogen-bond donors (Lipinski definition) is 1. The Kier molecular flexibility index (Phi) is 5.36. The van der Waals surface area contributed by atoms with Crippen molar-refractivity contribution >= 4 is 34.6 Å². The maximum absolute atomic E-state index is 12.8. The van der Waals surface area contributed by atoms with Crippen LogP contribution in [0.15, 0.2) is 47.6 Å². The molecule has 0 atom stereocenters. The van der Waals surface area contributed by atoms with Gasteiger partial charge in [0.25, 0.3) is 5.91 Å². The Morgan fingerprint density at radius 3 is 2.79 bits per heavy atom. The molecule has 4 rings (SSSR count). The summed E-state index contributed by atoms with van der Waals surface area (Å²) in [6, 6.07) is 12.8. The Bertz CT molecular complexity index is 1110. The number of rotatable bonds is 5. The van der Waals surface area contributed by atoms with E-state index in [1.165, 1.54) is 6.21 Å². The van der Waals surface area contributed by atoms with E-state index >= 15 is 0 Å². The highest BCUT2D eigenvalue weighted by Gasteiger charge is 2.16. The number of para-hydroxylation sites is 1. The van der Waals surface area contributed by atoms with Gasteiger partial charge in [-0.05, 0) is 30.5 Å². The van der Waals surface area contributed by atoms with Crippen LogP contribution in [0.3, 0.4) is 0 Å². The first kappa shape index (κ1) is 19.2. The van der Waals surface area contributed by atoms with Crippen LogP contribution in [0, 0.1) is 5.92 Å². The number of ether oxygens (including phenoxy) is 2. The number of pyridine rings is 1. The molecule has 0 aliphatic carbocycles. The van der Waals surface area contributed by atoms with Gasteiger partial charge in [-0.3, -0.25) is 9.78 Å². The van der Waals surface area contributed by atoms with Gasteiger partial charge >= 0.3 is 0 Å². The van der Waals surface area contributed by atoms with E-state index in [-0.39, 0.29) is 12.7 Å². The molecule has 7 heteroatoms. The van der Waals surface area contributed by atoms with Crippen LogP contribution in [0.4, 0.5) is 0 Å². The quantitative estimate of drug-likeness (QED) is 0.494. The average Bonchev–Trinajstić information content (AvgIpc) is 3.14. The second-order valence-corrected chi connectivity index (χ2v) is 7.61. The van der Waals surface area contributed by atoms with Crippen molar-refractivity contribution in [2.45, 2.75) is 20.3 Å².